The molecule has 4 atom stereocenters. The van der Waals surface area contributed by atoms with Gasteiger partial charge < -0.3 is 5.32 Å². The monoisotopic (exact) mass is 291 g/mol. The smallest absolute Gasteiger partial charge is 0.224 e. The Balaban J connectivity index is 1.63. The number of alkyl halides is 1. The molecule has 2 aliphatic rings. The van der Waals surface area contributed by atoms with E-state index in [1.165, 1.54) is 11.1 Å². The lowest BCUT2D eigenvalue weighted by Crippen LogP contribution is -2.33. The molecule has 2 nitrogen and oxygen atoms in total. The molecule has 2 aliphatic carbocycles. The Hall–Kier alpha value is -1.02. The molecular formula is C17H22ClNO. The highest BCUT2D eigenvalue weighted by Gasteiger charge is 2.56. The fraction of sp³-hybridized carbons (Fsp3) is 0.588. The van der Waals surface area contributed by atoms with Gasteiger partial charge in [0.1, 0.15) is 0 Å². The van der Waals surface area contributed by atoms with E-state index in [1.54, 1.807) is 0 Å². The van der Waals surface area contributed by atoms with Gasteiger partial charge in [-0.25, -0.2) is 0 Å². The van der Waals surface area contributed by atoms with Crippen LogP contribution >= 0.6 is 11.6 Å². The molecule has 0 aliphatic heterocycles. The molecule has 1 amide bonds. The predicted molar refractivity (Wildman–Crippen MR) is 82.0 cm³/mol. The van der Waals surface area contributed by atoms with E-state index in [4.69, 9.17) is 11.6 Å². The first-order valence-electron chi connectivity index (χ1n) is 7.59. The number of amides is 1. The van der Waals surface area contributed by atoms with Gasteiger partial charge >= 0.3 is 0 Å². The van der Waals surface area contributed by atoms with Gasteiger partial charge in [-0.3, -0.25) is 4.79 Å². The molecule has 1 saturated carbocycles. The van der Waals surface area contributed by atoms with Crippen molar-refractivity contribution in [2.75, 3.05) is 6.54 Å². The van der Waals surface area contributed by atoms with E-state index in [1.807, 2.05) is 0 Å². The zero-order chi connectivity index (χ0) is 14.3. The Morgan fingerprint density at radius 1 is 1.40 bits per heavy atom. The molecule has 20 heavy (non-hydrogen) atoms. The predicted octanol–water partition coefficient (Wildman–Crippen LogP) is 3.34. The Labute approximate surface area is 125 Å². The first-order chi connectivity index (χ1) is 9.59. The molecule has 1 aromatic rings. The van der Waals surface area contributed by atoms with E-state index in [0.717, 1.165) is 12.8 Å². The van der Waals surface area contributed by atoms with Gasteiger partial charge in [0, 0.05) is 12.5 Å². The van der Waals surface area contributed by atoms with Crippen LogP contribution in [-0.2, 0) is 11.2 Å². The van der Waals surface area contributed by atoms with Crippen molar-refractivity contribution in [2.24, 2.45) is 17.8 Å². The highest BCUT2D eigenvalue weighted by molar-refractivity contribution is 6.21. The SMILES string of the molecule is CC(C)C(Cl)CNC(=O)C1C2CCc3ccccc3C21. The third-order valence-electron chi connectivity index (χ3n) is 4.83. The van der Waals surface area contributed by atoms with Gasteiger partial charge in [-0.15, -0.1) is 11.6 Å². The number of aryl methyl sites for hydroxylation is 1. The quantitative estimate of drug-likeness (QED) is 0.847. The van der Waals surface area contributed by atoms with Crippen LogP contribution in [-0.4, -0.2) is 17.8 Å². The third kappa shape index (κ3) is 2.46. The van der Waals surface area contributed by atoms with Crippen LogP contribution in [0.3, 0.4) is 0 Å². The molecule has 1 N–H and O–H groups in total. The first-order valence-corrected chi connectivity index (χ1v) is 8.03. The molecular weight excluding hydrogens is 270 g/mol. The van der Waals surface area contributed by atoms with Crippen molar-refractivity contribution in [3.05, 3.63) is 35.4 Å². The second-order valence-corrected chi connectivity index (χ2v) is 7.02. The maximum Gasteiger partial charge on any atom is 0.224 e. The van der Waals surface area contributed by atoms with Crippen molar-refractivity contribution in [3.63, 3.8) is 0 Å². The van der Waals surface area contributed by atoms with Crippen molar-refractivity contribution < 1.29 is 4.79 Å². The van der Waals surface area contributed by atoms with Crippen LogP contribution in [0.5, 0.6) is 0 Å². The number of carbonyl (C=O) groups excluding carboxylic acids is 1. The molecule has 0 spiro atoms. The molecule has 3 heteroatoms. The average molecular weight is 292 g/mol. The summed E-state index contributed by atoms with van der Waals surface area (Å²) < 4.78 is 0. The zero-order valence-electron chi connectivity index (χ0n) is 12.1. The number of carbonyl (C=O) groups is 1. The van der Waals surface area contributed by atoms with E-state index >= 15 is 0 Å². The highest BCUT2D eigenvalue weighted by Crippen LogP contribution is 2.59. The van der Waals surface area contributed by atoms with Crippen LogP contribution in [0, 0.1) is 17.8 Å². The minimum absolute atomic E-state index is 0.0204. The molecule has 108 valence electrons. The van der Waals surface area contributed by atoms with E-state index in [9.17, 15) is 4.79 Å². The maximum atomic E-state index is 12.3. The van der Waals surface area contributed by atoms with Gasteiger partial charge in [0.15, 0.2) is 0 Å². The van der Waals surface area contributed by atoms with E-state index in [2.05, 4.69) is 43.4 Å². The van der Waals surface area contributed by atoms with Gasteiger partial charge in [0.25, 0.3) is 0 Å². The van der Waals surface area contributed by atoms with Crippen molar-refractivity contribution in [2.45, 2.75) is 38.0 Å². The van der Waals surface area contributed by atoms with Crippen LogP contribution in [0.15, 0.2) is 24.3 Å². The summed E-state index contributed by atoms with van der Waals surface area (Å²) in [6.45, 7) is 4.74. The van der Waals surface area contributed by atoms with E-state index < -0.39 is 0 Å². The number of fused-ring (bicyclic) bond motifs is 3. The van der Waals surface area contributed by atoms with Gasteiger partial charge in [-0.1, -0.05) is 38.1 Å². The van der Waals surface area contributed by atoms with Gasteiger partial charge in [0.05, 0.1) is 5.38 Å². The van der Waals surface area contributed by atoms with Crippen LogP contribution < -0.4 is 5.32 Å². The Bertz CT molecular complexity index is 513. The number of nitrogens with one attached hydrogen (secondary N) is 1. The lowest BCUT2D eigenvalue weighted by molar-refractivity contribution is -0.122. The molecule has 3 rings (SSSR count). The fourth-order valence-corrected chi connectivity index (χ4v) is 3.55. The van der Waals surface area contributed by atoms with Crippen LogP contribution in [0.4, 0.5) is 0 Å². The van der Waals surface area contributed by atoms with E-state index in [0.29, 0.717) is 24.3 Å². The van der Waals surface area contributed by atoms with Crippen LogP contribution in [0.1, 0.15) is 37.3 Å². The molecule has 1 aromatic carbocycles. The lowest BCUT2D eigenvalue weighted by Gasteiger charge is -2.14. The number of rotatable bonds is 4. The molecule has 0 radical (unpaired) electrons. The Morgan fingerprint density at radius 3 is 2.90 bits per heavy atom. The first kappa shape index (κ1) is 13.9. The average Bonchev–Trinajstić information content (AvgIpc) is 3.19. The Morgan fingerprint density at radius 2 is 2.15 bits per heavy atom. The van der Waals surface area contributed by atoms with Crippen molar-refractivity contribution in [1.82, 2.24) is 5.32 Å². The van der Waals surface area contributed by atoms with Crippen LogP contribution in [0.2, 0.25) is 0 Å². The molecule has 4 unspecified atom stereocenters. The van der Waals surface area contributed by atoms with Crippen LogP contribution in [0.25, 0.3) is 0 Å². The summed E-state index contributed by atoms with van der Waals surface area (Å²) in [7, 11) is 0. The largest absolute Gasteiger partial charge is 0.354 e. The molecule has 0 aromatic heterocycles. The second-order valence-electron chi connectivity index (χ2n) is 6.46. The number of hydrogen-bond acceptors (Lipinski definition) is 1. The molecule has 0 bridgehead atoms. The zero-order valence-corrected chi connectivity index (χ0v) is 12.9. The number of halogens is 1. The summed E-state index contributed by atoms with van der Waals surface area (Å²) in [4.78, 5) is 12.3. The summed E-state index contributed by atoms with van der Waals surface area (Å²) >= 11 is 6.20. The normalized spacial score (nSPS) is 28.5. The minimum atomic E-state index is 0.0204. The summed E-state index contributed by atoms with van der Waals surface area (Å²) in [6.07, 6.45) is 2.26. The molecule has 0 saturated heterocycles. The topological polar surface area (TPSA) is 29.1 Å². The van der Waals surface area contributed by atoms with Crippen molar-refractivity contribution >= 4 is 17.5 Å². The maximum absolute atomic E-state index is 12.3. The summed E-state index contributed by atoms with van der Waals surface area (Å²) in [5.41, 5.74) is 2.83. The van der Waals surface area contributed by atoms with Gasteiger partial charge in [0.2, 0.25) is 5.91 Å². The number of benzene rings is 1. The lowest BCUT2D eigenvalue weighted by atomic mass is 9.92. The summed E-state index contributed by atoms with van der Waals surface area (Å²) in [6, 6.07) is 8.57. The van der Waals surface area contributed by atoms with E-state index in [-0.39, 0.29) is 17.2 Å². The molecule has 1 fully saturated rings. The minimum Gasteiger partial charge on any atom is -0.354 e. The highest BCUT2D eigenvalue weighted by atomic mass is 35.5. The third-order valence-corrected chi connectivity index (χ3v) is 5.49. The standard InChI is InChI=1S/C17H22ClNO/c1-10(2)14(18)9-19-17(20)16-13-8-7-11-5-3-4-6-12(11)15(13)16/h3-6,10,13-16H,7-9H2,1-2H3,(H,19,20). The van der Waals surface area contributed by atoms with Crippen molar-refractivity contribution in [3.8, 4) is 0 Å². The summed E-state index contributed by atoms with van der Waals surface area (Å²) in [5.74, 6) is 1.77. The fourth-order valence-electron chi connectivity index (χ4n) is 3.48. The second kappa shape index (κ2) is 5.40. The van der Waals surface area contributed by atoms with Gasteiger partial charge in [-0.2, -0.15) is 0 Å². The van der Waals surface area contributed by atoms with Gasteiger partial charge in [-0.05, 0) is 41.7 Å². The van der Waals surface area contributed by atoms with Crippen molar-refractivity contribution in [1.29, 1.82) is 0 Å². The number of hydrogen-bond donors (Lipinski definition) is 1. The Kier molecular flexibility index (Phi) is 3.76. The molecule has 0 heterocycles. The summed E-state index contributed by atoms with van der Waals surface area (Å²) in [5, 5.41) is 3.06.